The monoisotopic (exact) mass is 138 g/mol. The molecule has 0 fully saturated rings. The summed E-state index contributed by atoms with van der Waals surface area (Å²) in [5.74, 6) is -0.204. The number of ketones is 1. The highest BCUT2D eigenvalue weighted by Crippen LogP contribution is 1.89. The predicted molar refractivity (Wildman–Crippen MR) is 33.2 cm³/mol. The molecule has 0 radical (unpaired) electrons. The van der Waals surface area contributed by atoms with Gasteiger partial charge in [0, 0.05) is 18.1 Å². The van der Waals surface area contributed by atoms with Crippen LogP contribution in [0.5, 0.6) is 0 Å². The van der Waals surface area contributed by atoms with E-state index in [1.54, 1.807) is 0 Å². The summed E-state index contributed by atoms with van der Waals surface area (Å²) in [6.45, 7) is 1.36. The molecule has 1 aromatic rings. The van der Waals surface area contributed by atoms with Crippen molar-refractivity contribution >= 4 is 5.78 Å². The second-order valence-electron chi connectivity index (χ2n) is 1.85. The van der Waals surface area contributed by atoms with Crippen molar-refractivity contribution in [1.82, 2.24) is 5.10 Å². The van der Waals surface area contributed by atoms with E-state index >= 15 is 0 Å². The van der Waals surface area contributed by atoms with E-state index in [-0.39, 0.29) is 11.5 Å². The molecule has 52 valence electrons. The summed E-state index contributed by atoms with van der Waals surface area (Å²) in [6.07, 6.45) is 1.23. The van der Waals surface area contributed by atoms with E-state index in [2.05, 4.69) is 5.10 Å². The van der Waals surface area contributed by atoms with E-state index in [1.165, 1.54) is 25.3 Å². The van der Waals surface area contributed by atoms with Crippen LogP contribution in [0, 0.1) is 5.21 Å². The van der Waals surface area contributed by atoms with E-state index < -0.39 is 0 Å². The van der Waals surface area contributed by atoms with E-state index in [0.29, 0.717) is 4.85 Å². The summed E-state index contributed by atoms with van der Waals surface area (Å²) in [4.78, 5) is 10.9. The van der Waals surface area contributed by atoms with Crippen LogP contribution in [0.25, 0.3) is 0 Å². The second-order valence-corrected chi connectivity index (χ2v) is 1.85. The van der Waals surface area contributed by atoms with Crippen molar-refractivity contribution in [2.45, 2.75) is 6.92 Å². The van der Waals surface area contributed by atoms with Crippen molar-refractivity contribution < 1.29 is 9.64 Å². The number of hydrogen-bond acceptors (Lipinski definition) is 3. The quantitative estimate of drug-likeness (QED) is 0.310. The SMILES string of the molecule is CC(=O)c1ccc[n+]([O-])n1. The molecule has 4 heteroatoms. The maximum Gasteiger partial charge on any atom is 0.209 e. The molecule has 4 nitrogen and oxygen atoms in total. The van der Waals surface area contributed by atoms with Gasteiger partial charge < -0.3 is 5.21 Å². The predicted octanol–water partition coefficient (Wildman–Crippen LogP) is -0.0824. The van der Waals surface area contributed by atoms with E-state index in [1.807, 2.05) is 0 Å². The van der Waals surface area contributed by atoms with E-state index in [9.17, 15) is 10.0 Å². The molecule has 0 aromatic carbocycles. The number of carbonyl (C=O) groups excluding carboxylic acids is 1. The molecule has 0 unspecified atom stereocenters. The first kappa shape index (κ1) is 6.67. The number of rotatable bonds is 1. The van der Waals surface area contributed by atoms with Gasteiger partial charge in [0.1, 0.15) is 0 Å². The minimum Gasteiger partial charge on any atom is -0.594 e. The van der Waals surface area contributed by atoms with Crippen molar-refractivity contribution in [3.63, 3.8) is 0 Å². The molecule has 1 aromatic heterocycles. The van der Waals surface area contributed by atoms with Gasteiger partial charge in [0.05, 0.1) is 0 Å². The fourth-order valence-electron chi connectivity index (χ4n) is 0.568. The Hall–Kier alpha value is -1.45. The highest BCUT2D eigenvalue weighted by molar-refractivity contribution is 5.91. The number of Topliss-reactive ketones (excluding diaryl/α,β-unsaturated/α-hetero) is 1. The summed E-state index contributed by atoms with van der Waals surface area (Å²) in [7, 11) is 0. The first-order valence-electron chi connectivity index (χ1n) is 2.77. The van der Waals surface area contributed by atoms with E-state index in [4.69, 9.17) is 0 Å². The number of aromatic nitrogens is 2. The molecule has 0 spiro atoms. The number of nitrogens with zero attached hydrogens (tertiary/aromatic N) is 2. The van der Waals surface area contributed by atoms with Crippen LogP contribution in [0.1, 0.15) is 17.4 Å². The van der Waals surface area contributed by atoms with Gasteiger partial charge in [0.2, 0.25) is 6.20 Å². The lowest BCUT2D eigenvalue weighted by molar-refractivity contribution is -0.669. The van der Waals surface area contributed by atoms with Crippen LogP contribution in [-0.4, -0.2) is 10.9 Å². The average Bonchev–Trinajstić information content (AvgIpc) is 1.88. The molecule has 0 aliphatic carbocycles. The molecule has 0 aliphatic rings. The smallest absolute Gasteiger partial charge is 0.209 e. The lowest BCUT2D eigenvalue weighted by Crippen LogP contribution is -2.31. The van der Waals surface area contributed by atoms with Gasteiger partial charge in [0.15, 0.2) is 11.5 Å². The van der Waals surface area contributed by atoms with Crippen molar-refractivity contribution in [3.8, 4) is 0 Å². The zero-order valence-corrected chi connectivity index (χ0v) is 5.44. The summed E-state index contributed by atoms with van der Waals surface area (Å²) in [6, 6.07) is 2.98. The molecular weight excluding hydrogens is 132 g/mol. The second kappa shape index (κ2) is 2.43. The van der Waals surface area contributed by atoms with Gasteiger partial charge in [-0.05, 0) is 6.07 Å². The fourth-order valence-corrected chi connectivity index (χ4v) is 0.568. The van der Waals surface area contributed by atoms with Crippen LogP contribution < -0.4 is 4.85 Å². The van der Waals surface area contributed by atoms with Crippen molar-refractivity contribution in [1.29, 1.82) is 0 Å². The van der Waals surface area contributed by atoms with Crippen molar-refractivity contribution in [2.75, 3.05) is 0 Å². The van der Waals surface area contributed by atoms with Gasteiger partial charge in [-0.25, -0.2) is 0 Å². The molecule has 0 atom stereocenters. The molecule has 0 N–H and O–H groups in total. The van der Waals surface area contributed by atoms with Gasteiger partial charge in [-0.1, -0.05) is 4.85 Å². The zero-order chi connectivity index (χ0) is 7.56. The first-order chi connectivity index (χ1) is 4.70. The molecule has 10 heavy (non-hydrogen) atoms. The van der Waals surface area contributed by atoms with Crippen LogP contribution in [0.4, 0.5) is 0 Å². The van der Waals surface area contributed by atoms with Crippen LogP contribution in [0.3, 0.4) is 0 Å². The van der Waals surface area contributed by atoms with Gasteiger partial charge in [-0.3, -0.25) is 4.79 Å². The Labute approximate surface area is 57.7 Å². The minimum absolute atomic E-state index is 0.192. The highest BCUT2D eigenvalue weighted by Gasteiger charge is 2.02. The third-order valence-corrected chi connectivity index (χ3v) is 1.03. The van der Waals surface area contributed by atoms with Crippen LogP contribution in [-0.2, 0) is 0 Å². The van der Waals surface area contributed by atoms with Gasteiger partial charge in [-0.15, -0.1) is 0 Å². The maximum absolute atomic E-state index is 10.6. The molecule has 0 saturated heterocycles. The Bertz CT molecular complexity index is 260. The maximum atomic E-state index is 10.6. The Morgan fingerprint density at radius 2 is 2.50 bits per heavy atom. The Balaban J connectivity index is 3.07. The summed E-state index contributed by atoms with van der Waals surface area (Å²) < 4.78 is 0. The van der Waals surface area contributed by atoms with Crippen LogP contribution >= 0.6 is 0 Å². The van der Waals surface area contributed by atoms with E-state index in [0.717, 1.165) is 0 Å². The van der Waals surface area contributed by atoms with Gasteiger partial charge in [0.25, 0.3) is 0 Å². The minimum atomic E-state index is -0.204. The molecule has 1 rings (SSSR count). The van der Waals surface area contributed by atoms with Crippen molar-refractivity contribution in [2.24, 2.45) is 0 Å². The van der Waals surface area contributed by atoms with Crippen LogP contribution in [0.2, 0.25) is 0 Å². The lowest BCUT2D eigenvalue weighted by Gasteiger charge is -1.92. The lowest BCUT2D eigenvalue weighted by atomic mass is 10.3. The topological polar surface area (TPSA) is 56.9 Å². The third kappa shape index (κ3) is 1.28. The largest absolute Gasteiger partial charge is 0.594 e. The fraction of sp³-hybridized carbons (Fsp3) is 0.167. The molecular formula is C6H6N2O2. The highest BCUT2D eigenvalue weighted by atomic mass is 16.5. The van der Waals surface area contributed by atoms with Gasteiger partial charge >= 0.3 is 0 Å². The Morgan fingerprint density at radius 1 is 1.80 bits per heavy atom. The third-order valence-electron chi connectivity index (χ3n) is 1.03. The van der Waals surface area contributed by atoms with Gasteiger partial charge in [-0.2, -0.15) is 0 Å². The Kier molecular flexibility index (Phi) is 1.62. The Morgan fingerprint density at radius 3 is 2.90 bits per heavy atom. The summed E-state index contributed by atoms with van der Waals surface area (Å²) >= 11 is 0. The molecule has 0 amide bonds. The zero-order valence-electron chi connectivity index (χ0n) is 5.44. The summed E-state index contributed by atoms with van der Waals surface area (Å²) in [5, 5.41) is 13.8. The molecule has 1 heterocycles. The standard InChI is InChI=1S/C6H6N2O2/c1-5(9)6-3-2-4-8(10)7-6/h2-4H,1H3. The first-order valence-corrected chi connectivity index (χ1v) is 2.77. The normalized spacial score (nSPS) is 9.30. The average molecular weight is 138 g/mol. The number of hydrogen-bond donors (Lipinski definition) is 0. The van der Waals surface area contributed by atoms with Crippen molar-refractivity contribution in [3.05, 3.63) is 29.2 Å². The van der Waals surface area contributed by atoms with Crippen LogP contribution in [0.15, 0.2) is 18.3 Å². The number of carbonyl (C=O) groups is 1. The molecule has 0 aliphatic heterocycles. The molecule has 0 saturated carbocycles. The molecule has 0 bridgehead atoms. The summed E-state index contributed by atoms with van der Waals surface area (Å²) in [5.41, 5.74) is 0.192.